The molecule has 4 nitrogen and oxygen atoms in total. The van der Waals surface area contributed by atoms with Gasteiger partial charge in [0.25, 0.3) is 0 Å². The molecular weight excluding hydrogens is 392 g/mol. The van der Waals surface area contributed by atoms with Gasteiger partial charge in [-0.2, -0.15) is 8.78 Å². The van der Waals surface area contributed by atoms with Crippen LogP contribution in [0.1, 0.15) is 29.7 Å². The summed E-state index contributed by atoms with van der Waals surface area (Å²) in [5.74, 6) is -2.52. The third-order valence-corrected chi connectivity index (χ3v) is 4.17. The molecule has 0 heterocycles. The highest BCUT2D eigenvalue weighted by Crippen LogP contribution is 2.30. The van der Waals surface area contributed by atoms with Crippen molar-refractivity contribution in [2.24, 2.45) is 5.92 Å². The molecule has 2 aromatic rings. The molecule has 1 N–H and O–H groups in total. The molecule has 0 saturated heterocycles. The predicted octanol–water partition coefficient (Wildman–Crippen LogP) is 4.53. The summed E-state index contributed by atoms with van der Waals surface area (Å²) in [6, 6.07) is 9.18. The van der Waals surface area contributed by atoms with E-state index in [1.54, 1.807) is 19.9 Å². The Labute approximate surface area is 166 Å². The molecule has 8 heteroatoms. The monoisotopic (exact) mass is 414 g/mol. The van der Waals surface area contributed by atoms with Gasteiger partial charge in [0.15, 0.2) is 6.67 Å². The van der Waals surface area contributed by atoms with E-state index in [0.29, 0.717) is 16.7 Å². The van der Waals surface area contributed by atoms with E-state index in [1.807, 2.05) is 0 Å². The minimum absolute atomic E-state index is 0.0589. The highest BCUT2D eigenvalue weighted by atomic mass is 19.3. The Bertz CT molecular complexity index is 824. The molecule has 2 aromatic carbocycles. The molecule has 0 bridgehead atoms. The van der Waals surface area contributed by atoms with E-state index in [1.165, 1.54) is 24.3 Å². The Hall–Kier alpha value is -2.61. The van der Waals surface area contributed by atoms with Crippen molar-refractivity contribution in [2.45, 2.75) is 32.5 Å². The number of alkyl halides is 3. The van der Waals surface area contributed by atoms with Crippen LogP contribution in [0.2, 0.25) is 0 Å². The average Bonchev–Trinajstić information content (AvgIpc) is 2.65. The first-order valence-corrected chi connectivity index (χ1v) is 8.98. The lowest BCUT2D eigenvalue weighted by molar-refractivity contribution is -0.186. The van der Waals surface area contributed by atoms with Gasteiger partial charge in [-0.25, -0.2) is 8.78 Å². The number of benzene rings is 2. The van der Waals surface area contributed by atoms with Gasteiger partial charge < -0.3 is 14.6 Å². The molecule has 29 heavy (non-hydrogen) atoms. The number of hydrogen-bond acceptors (Lipinski definition) is 4. The van der Waals surface area contributed by atoms with Crippen molar-refractivity contribution in [1.82, 2.24) is 0 Å². The highest BCUT2D eigenvalue weighted by Gasteiger charge is 2.33. The zero-order valence-corrected chi connectivity index (χ0v) is 16.0. The van der Waals surface area contributed by atoms with Crippen LogP contribution in [0, 0.1) is 18.7 Å². The standard InChI is InChI=1S/C21H22F4O4/c1-3-28-20(27)18(19(26)15-4-6-16(23)7-5-15)11-14-8-13(2)9-17(10-14)29-21(24,25)12-22/h4-10,18-19,26H,3,11-12H2,1-2H3. The van der Waals surface area contributed by atoms with Gasteiger partial charge in [0.2, 0.25) is 0 Å². The largest absolute Gasteiger partial charge is 0.466 e. The molecule has 0 aliphatic rings. The van der Waals surface area contributed by atoms with Crippen molar-refractivity contribution in [3.05, 3.63) is 65.0 Å². The first kappa shape index (κ1) is 22.7. The second-order valence-electron chi connectivity index (χ2n) is 6.59. The molecule has 0 radical (unpaired) electrons. The first-order valence-electron chi connectivity index (χ1n) is 8.98. The smallest absolute Gasteiger partial charge is 0.427 e. The molecule has 158 valence electrons. The number of esters is 1. The van der Waals surface area contributed by atoms with Gasteiger partial charge in [0.05, 0.1) is 18.6 Å². The van der Waals surface area contributed by atoms with E-state index in [-0.39, 0.29) is 18.8 Å². The minimum Gasteiger partial charge on any atom is -0.466 e. The number of hydrogen-bond donors (Lipinski definition) is 1. The van der Waals surface area contributed by atoms with E-state index in [9.17, 15) is 27.5 Å². The lowest BCUT2D eigenvalue weighted by Crippen LogP contribution is -2.28. The fraction of sp³-hybridized carbons (Fsp3) is 0.381. The lowest BCUT2D eigenvalue weighted by atomic mass is 9.89. The van der Waals surface area contributed by atoms with Gasteiger partial charge in [-0.15, -0.1) is 0 Å². The summed E-state index contributed by atoms with van der Waals surface area (Å²) >= 11 is 0. The molecular formula is C21H22F4O4. The Morgan fingerprint density at radius 2 is 1.83 bits per heavy atom. The maximum Gasteiger partial charge on any atom is 0.427 e. The van der Waals surface area contributed by atoms with Crippen LogP contribution in [-0.2, 0) is 16.0 Å². The van der Waals surface area contributed by atoms with E-state index >= 15 is 0 Å². The van der Waals surface area contributed by atoms with Gasteiger partial charge in [-0.05, 0) is 61.2 Å². The van der Waals surface area contributed by atoms with Crippen molar-refractivity contribution in [1.29, 1.82) is 0 Å². The molecule has 2 rings (SSSR count). The molecule has 0 saturated carbocycles. The molecule has 2 unspecified atom stereocenters. The average molecular weight is 414 g/mol. The van der Waals surface area contributed by atoms with Gasteiger partial charge in [0, 0.05) is 0 Å². The van der Waals surface area contributed by atoms with E-state index in [2.05, 4.69) is 4.74 Å². The zero-order chi connectivity index (χ0) is 21.6. The summed E-state index contributed by atoms with van der Waals surface area (Å²) in [6.45, 7) is 1.33. The number of aliphatic hydroxyl groups is 1. The van der Waals surface area contributed by atoms with Crippen LogP contribution in [0.15, 0.2) is 42.5 Å². The molecule has 0 fully saturated rings. The first-order chi connectivity index (χ1) is 13.6. The zero-order valence-electron chi connectivity index (χ0n) is 16.0. The summed E-state index contributed by atoms with van der Waals surface area (Å²) < 4.78 is 61.4. The molecule has 0 aliphatic carbocycles. The lowest BCUT2D eigenvalue weighted by Gasteiger charge is -2.23. The highest BCUT2D eigenvalue weighted by molar-refractivity contribution is 5.74. The Morgan fingerprint density at radius 3 is 2.41 bits per heavy atom. The molecule has 0 aromatic heterocycles. The second-order valence-corrected chi connectivity index (χ2v) is 6.59. The third kappa shape index (κ3) is 6.45. The fourth-order valence-electron chi connectivity index (χ4n) is 2.92. The second kappa shape index (κ2) is 9.73. The van der Waals surface area contributed by atoms with Gasteiger partial charge in [0.1, 0.15) is 11.6 Å². The molecule has 2 atom stereocenters. The SMILES string of the molecule is CCOC(=O)C(Cc1cc(C)cc(OC(F)(F)CF)c1)C(O)c1ccc(F)cc1. The maximum absolute atomic E-state index is 13.2. The van der Waals surface area contributed by atoms with Crippen LogP contribution in [0.25, 0.3) is 0 Å². The van der Waals surface area contributed by atoms with Crippen LogP contribution >= 0.6 is 0 Å². The van der Waals surface area contributed by atoms with E-state index in [4.69, 9.17) is 4.74 Å². The van der Waals surface area contributed by atoms with Crippen LogP contribution in [0.4, 0.5) is 17.6 Å². The summed E-state index contributed by atoms with van der Waals surface area (Å²) in [6.07, 6.45) is -5.35. The number of aryl methyl sites for hydroxylation is 1. The fourth-order valence-corrected chi connectivity index (χ4v) is 2.92. The van der Waals surface area contributed by atoms with E-state index < -0.39 is 36.6 Å². The van der Waals surface area contributed by atoms with Crippen LogP contribution in [0.3, 0.4) is 0 Å². The number of halogens is 4. The Balaban J connectivity index is 2.32. The predicted molar refractivity (Wildman–Crippen MR) is 97.9 cm³/mol. The van der Waals surface area contributed by atoms with Crippen molar-refractivity contribution in [3.8, 4) is 5.75 Å². The number of aliphatic hydroxyl groups excluding tert-OH is 1. The molecule has 0 aliphatic heterocycles. The van der Waals surface area contributed by atoms with E-state index in [0.717, 1.165) is 12.1 Å². The van der Waals surface area contributed by atoms with Crippen molar-refractivity contribution >= 4 is 5.97 Å². The topological polar surface area (TPSA) is 55.8 Å². The van der Waals surface area contributed by atoms with Crippen LogP contribution < -0.4 is 4.74 Å². The summed E-state index contributed by atoms with van der Waals surface area (Å²) in [4.78, 5) is 12.4. The Morgan fingerprint density at radius 1 is 1.17 bits per heavy atom. The van der Waals surface area contributed by atoms with Crippen molar-refractivity contribution in [3.63, 3.8) is 0 Å². The Kier molecular flexibility index (Phi) is 7.61. The van der Waals surface area contributed by atoms with Gasteiger partial charge in [-0.1, -0.05) is 18.2 Å². The summed E-state index contributed by atoms with van der Waals surface area (Å²) in [5, 5.41) is 10.7. The van der Waals surface area contributed by atoms with Gasteiger partial charge >= 0.3 is 12.1 Å². The van der Waals surface area contributed by atoms with Crippen molar-refractivity contribution < 1.29 is 36.9 Å². The molecule has 0 spiro atoms. The molecule has 0 amide bonds. The van der Waals surface area contributed by atoms with Crippen molar-refractivity contribution in [2.75, 3.05) is 13.3 Å². The summed E-state index contributed by atoms with van der Waals surface area (Å²) in [5.41, 5.74) is 1.26. The number of rotatable bonds is 9. The maximum atomic E-state index is 13.2. The summed E-state index contributed by atoms with van der Waals surface area (Å²) in [7, 11) is 0. The normalized spacial score (nSPS) is 13.6. The van der Waals surface area contributed by atoms with Crippen LogP contribution in [0.5, 0.6) is 5.75 Å². The number of ether oxygens (including phenoxy) is 2. The van der Waals surface area contributed by atoms with Crippen LogP contribution in [-0.4, -0.2) is 30.5 Å². The number of carbonyl (C=O) groups is 1. The van der Waals surface area contributed by atoms with Gasteiger partial charge in [-0.3, -0.25) is 4.79 Å². The number of carbonyl (C=O) groups excluding carboxylic acids is 1. The minimum atomic E-state index is -3.97. The quantitative estimate of drug-likeness (QED) is 0.484. The third-order valence-electron chi connectivity index (χ3n) is 4.17.